The number of hydrogen-bond donors (Lipinski definition) is 0. The number of imide groups is 1. The normalized spacial score (nSPS) is 14.0. The molecule has 0 saturated carbocycles. The summed E-state index contributed by atoms with van der Waals surface area (Å²) in [6.07, 6.45) is 1.83. The minimum Gasteiger partial charge on any atom is -0.496 e. The first-order valence-corrected chi connectivity index (χ1v) is 9.76. The molecule has 0 saturated heterocycles. The second-order valence-corrected chi connectivity index (χ2v) is 7.40. The lowest BCUT2D eigenvalue weighted by Gasteiger charge is -2.26. The molecule has 2 aromatic rings. The number of allylic oxidation sites excluding steroid dienone is 1. The minimum atomic E-state index is -0.270. The predicted octanol–water partition coefficient (Wildman–Crippen LogP) is 4.44. The Morgan fingerprint density at radius 2 is 1.52 bits per heavy atom. The van der Waals surface area contributed by atoms with Gasteiger partial charge in [-0.1, -0.05) is 31.2 Å². The highest BCUT2D eigenvalue weighted by Crippen LogP contribution is 2.33. The van der Waals surface area contributed by atoms with Gasteiger partial charge in [-0.15, -0.1) is 0 Å². The summed E-state index contributed by atoms with van der Waals surface area (Å²) in [5.74, 6) is 1.00. The van der Waals surface area contributed by atoms with Crippen molar-refractivity contribution < 1.29 is 19.1 Å². The molecule has 0 spiro atoms. The summed E-state index contributed by atoms with van der Waals surface area (Å²) < 4.78 is 11.2. The number of amides is 2. The van der Waals surface area contributed by atoms with Crippen molar-refractivity contribution in [1.29, 1.82) is 0 Å². The van der Waals surface area contributed by atoms with E-state index in [9.17, 15) is 9.59 Å². The highest BCUT2D eigenvalue weighted by molar-refractivity contribution is 6.21. The van der Waals surface area contributed by atoms with Crippen LogP contribution in [0, 0.1) is 0 Å². The van der Waals surface area contributed by atoms with Crippen molar-refractivity contribution in [3.8, 4) is 11.5 Å². The first kappa shape index (κ1) is 20.6. The summed E-state index contributed by atoms with van der Waals surface area (Å²) in [5.41, 5.74) is 3.86. The zero-order chi connectivity index (χ0) is 21.1. The molecule has 1 aliphatic rings. The molecule has 0 radical (unpaired) electrons. The molecule has 1 aliphatic heterocycles. The third-order valence-corrected chi connectivity index (χ3v) is 5.29. The van der Waals surface area contributed by atoms with Gasteiger partial charge in [-0.2, -0.15) is 0 Å². The second-order valence-electron chi connectivity index (χ2n) is 7.40. The van der Waals surface area contributed by atoms with Gasteiger partial charge in [0.1, 0.15) is 11.5 Å². The van der Waals surface area contributed by atoms with Gasteiger partial charge in [0.25, 0.3) is 11.8 Å². The molecule has 29 heavy (non-hydrogen) atoms. The summed E-state index contributed by atoms with van der Waals surface area (Å²) in [7, 11) is 3.26. The van der Waals surface area contributed by atoms with Crippen LogP contribution >= 0.6 is 0 Å². The first-order chi connectivity index (χ1) is 13.9. The van der Waals surface area contributed by atoms with E-state index in [1.165, 1.54) is 4.90 Å². The quantitative estimate of drug-likeness (QED) is 0.491. The average molecular weight is 393 g/mol. The van der Waals surface area contributed by atoms with Crippen molar-refractivity contribution in [2.75, 3.05) is 14.2 Å². The van der Waals surface area contributed by atoms with E-state index in [0.29, 0.717) is 30.4 Å². The van der Waals surface area contributed by atoms with Crippen LogP contribution in [0.2, 0.25) is 0 Å². The average Bonchev–Trinajstić information content (AvgIpc) is 2.97. The highest BCUT2D eigenvalue weighted by Gasteiger charge is 2.39. The summed E-state index contributed by atoms with van der Waals surface area (Å²) in [6.45, 7) is 7.92. The fourth-order valence-corrected chi connectivity index (χ4v) is 3.86. The van der Waals surface area contributed by atoms with Gasteiger partial charge in [0.05, 0.1) is 25.3 Å². The Morgan fingerprint density at radius 1 is 1.00 bits per heavy atom. The maximum Gasteiger partial charge on any atom is 0.261 e. The van der Waals surface area contributed by atoms with Gasteiger partial charge < -0.3 is 9.47 Å². The number of fused-ring (bicyclic) bond motifs is 1. The minimum absolute atomic E-state index is 0.234. The fraction of sp³-hybridized carbons (Fsp3) is 0.333. The predicted molar refractivity (Wildman–Crippen MR) is 113 cm³/mol. The Kier molecular flexibility index (Phi) is 6.06. The van der Waals surface area contributed by atoms with E-state index in [1.807, 2.05) is 26.0 Å². The zero-order valence-electron chi connectivity index (χ0n) is 17.5. The van der Waals surface area contributed by atoms with Crippen molar-refractivity contribution in [2.24, 2.45) is 0 Å². The van der Waals surface area contributed by atoms with Crippen molar-refractivity contribution in [1.82, 2.24) is 4.90 Å². The topological polar surface area (TPSA) is 55.8 Å². The standard InChI is InChI=1S/C24H27NO4/c1-6-18(25-23(26)19-9-7-8-10-20(19)24(25)27)12-17-14-21(28-4)16(11-15(2)3)13-22(17)29-5/h7-10,13-14,18H,2,6,11-12H2,1,3-5H3. The number of benzene rings is 2. The Morgan fingerprint density at radius 3 is 2.00 bits per heavy atom. The van der Waals surface area contributed by atoms with Crippen LogP contribution in [0.25, 0.3) is 0 Å². The third-order valence-electron chi connectivity index (χ3n) is 5.29. The molecule has 2 aromatic carbocycles. The van der Waals surface area contributed by atoms with Crippen LogP contribution in [0.15, 0.2) is 48.6 Å². The maximum atomic E-state index is 12.9. The van der Waals surface area contributed by atoms with Crippen LogP contribution < -0.4 is 9.47 Å². The van der Waals surface area contributed by atoms with Gasteiger partial charge in [-0.05, 0) is 56.0 Å². The molecule has 5 nitrogen and oxygen atoms in total. The van der Waals surface area contributed by atoms with Crippen molar-refractivity contribution in [3.05, 3.63) is 70.8 Å². The molecule has 152 valence electrons. The number of methoxy groups -OCH3 is 2. The summed E-state index contributed by atoms with van der Waals surface area (Å²) >= 11 is 0. The molecular weight excluding hydrogens is 366 g/mol. The summed E-state index contributed by atoms with van der Waals surface area (Å²) in [4.78, 5) is 27.2. The molecule has 2 amide bonds. The lowest BCUT2D eigenvalue weighted by molar-refractivity contribution is 0.0579. The summed E-state index contributed by atoms with van der Waals surface area (Å²) in [6, 6.07) is 10.6. The second kappa shape index (κ2) is 8.52. The van der Waals surface area contributed by atoms with E-state index in [-0.39, 0.29) is 17.9 Å². The number of carbonyl (C=O) groups is 2. The van der Waals surface area contributed by atoms with E-state index in [4.69, 9.17) is 9.47 Å². The first-order valence-electron chi connectivity index (χ1n) is 9.76. The van der Waals surface area contributed by atoms with Gasteiger partial charge in [0, 0.05) is 11.6 Å². The monoisotopic (exact) mass is 393 g/mol. The number of hydrogen-bond acceptors (Lipinski definition) is 4. The SMILES string of the molecule is C=C(C)Cc1cc(OC)c(CC(CC)N2C(=O)c3ccccc3C2=O)cc1OC. The maximum absolute atomic E-state index is 12.9. The molecule has 0 N–H and O–H groups in total. The lowest BCUT2D eigenvalue weighted by Crippen LogP contribution is -2.40. The van der Waals surface area contributed by atoms with E-state index >= 15 is 0 Å². The Balaban J connectivity index is 1.94. The molecule has 1 unspecified atom stereocenters. The van der Waals surface area contributed by atoms with E-state index in [2.05, 4.69) is 6.58 Å². The van der Waals surface area contributed by atoms with Crippen LogP contribution in [0.1, 0.15) is 52.1 Å². The van der Waals surface area contributed by atoms with Gasteiger partial charge in [0.15, 0.2) is 0 Å². The smallest absolute Gasteiger partial charge is 0.261 e. The van der Waals surface area contributed by atoms with E-state index in [0.717, 1.165) is 28.2 Å². The van der Waals surface area contributed by atoms with Crippen molar-refractivity contribution in [2.45, 2.75) is 39.2 Å². The molecule has 0 aliphatic carbocycles. The van der Waals surface area contributed by atoms with Crippen LogP contribution in [0.5, 0.6) is 11.5 Å². The molecule has 0 aromatic heterocycles. The van der Waals surface area contributed by atoms with Crippen LogP contribution in [-0.2, 0) is 12.8 Å². The number of nitrogens with zero attached hydrogens (tertiary/aromatic N) is 1. The fourth-order valence-electron chi connectivity index (χ4n) is 3.86. The number of ether oxygens (including phenoxy) is 2. The molecular formula is C24H27NO4. The van der Waals surface area contributed by atoms with Gasteiger partial charge in [-0.25, -0.2) is 0 Å². The Labute approximate surface area is 171 Å². The van der Waals surface area contributed by atoms with Crippen molar-refractivity contribution in [3.63, 3.8) is 0 Å². The van der Waals surface area contributed by atoms with Gasteiger partial charge in [-0.3, -0.25) is 14.5 Å². The van der Waals surface area contributed by atoms with E-state index < -0.39 is 0 Å². The van der Waals surface area contributed by atoms with Crippen LogP contribution in [0.4, 0.5) is 0 Å². The molecule has 1 heterocycles. The van der Waals surface area contributed by atoms with Crippen LogP contribution in [0.3, 0.4) is 0 Å². The van der Waals surface area contributed by atoms with Gasteiger partial charge >= 0.3 is 0 Å². The molecule has 1 atom stereocenters. The Hall–Kier alpha value is -3.08. The van der Waals surface area contributed by atoms with Gasteiger partial charge in [0.2, 0.25) is 0 Å². The van der Waals surface area contributed by atoms with E-state index in [1.54, 1.807) is 38.5 Å². The third kappa shape index (κ3) is 3.90. The molecule has 3 rings (SSSR count). The lowest BCUT2D eigenvalue weighted by atomic mass is 9.97. The Bertz CT molecular complexity index is 928. The van der Waals surface area contributed by atoms with Crippen molar-refractivity contribution >= 4 is 11.8 Å². The summed E-state index contributed by atoms with van der Waals surface area (Å²) in [5, 5.41) is 0. The number of rotatable bonds is 8. The largest absolute Gasteiger partial charge is 0.496 e. The molecule has 0 bridgehead atoms. The molecule has 0 fully saturated rings. The van der Waals surface area contributed by atoms with Crippen LogP contribution in [-0.4, -0.2) is 37.0 Å². The number of carbonyl (C=O) groups excluding carboxylic acids is 2. The highest BCUT2D eigenvalue weighted by atomic mass is 16.5. The molecule has 5 heteroatoms. The zero-order valence-corrected chi connectivity index (χ0v) is 17.5.